The Hall–Kier alpha value is -2.04. The molecule has 1 N–H and O–H groups in total. The van der Waals surface area contributed by atoms with E-state index < -0.39 is 5.97 Å². The number of hydrogen-bond acceptors (Lipinski definition) is 3. The number of carbonyl (C=O) groups excluding carboxylic acids is 1. The number of carboxylic acid groups (broad SMARTS) is 1. The molecule has 1 rings (SSSR count). The first-order valence-corrected chi connectivity index (χ1v) is 7.14. The molecule has 0 aliphatic carbocycles. The summed E-state index contributed by atoms with van der Waals surface area (Å²) in [7, 11) is 0. The Bertz CT molecular complexity index is 479. The van der Waals surface area contributed by atoms with Gasteiger partial charge < -0.3 is 14.7 Å². The van der Waals surface area contributed by atoms with Crippen LogP contribution in [0.5, 0.6) is 5.75 Å². The monoisotopic (exact) mass is 293 g/mol. The number of aliphatic carboxylic acids is 1. The quantitative estimate of drug-likeness (QED) is 0.799. The van der Waals surface area contributed by atoms with Gasteiger partial charge in [0, 0.05) is 6.54 Å². The van der Waals surface area contributed by atoms with Crippen LogP contribution in [-0.4, -0.2) is 41.6 Å². The molecule has 0 radical (unpaired) electrons. The number of benzene rings is 1. The zero-order chi connectivity index (χ0) is 15.8. The molecule has 0 aliphatic heterocycles. The summed E-state index contributed by atoms with van der Waals surface area (Å²) in [6, 6.07) is 5.87. The number of ether oxygens (including phenoxy) is 1. The first kappa shape index (κ1) is 17.0. The van der Waals surface area contributed by atoms with E-state index in [4.69, 9.17) is 9.84 Å². The zero-order valence-corrected chi connectivity index (χ0v) is 12.9. The van der Waals surface area contributed by atoms with Crippen LogP contribution < -0.4 is 4.74 Å². The molecule has 0 fully saturated rings. The second-order valence-corrected chi connectivity index (χ2v) is 5.03. The molecule has 0 aliphatic rings. The maximum absolute atomic E-state index is 12.0. The smallest absolute Gasteiger partial charge is 0.323 e. The molecule has 0 bridgehead atoms. The van der Waals surface area contributed by atoms with Crippen molar-refractivity contribution in [2.75, 3.05) is 19.7 Å². The minimum absolute atomic E-state index is 0.182. The molecule has 0 unspecified atom stereocenters. The molecule has 0 saturated carbocycles. The van der Waals surface area contributed by atoms with Gasteiger partial charge in [0.1, 0.15) is 12.3 Å². The molecular weight excluding hydrogens is 270 g/mol. The lowest BCUT2D eigenvalue weighted by Crippen LogP contribution is -2.36. The highest BCUT2D eigenvalue weighted by Crippen LogP contribution is 2.22. The summed E-state index contributed by atoms with van der Waals surface area (Å²) in [6.07, 6.45) is 0.915. The number of hydrogen-bond donors (Lipinski definition) is 1. The molecule has 21 heavy (non-hydrogen) atoms. The van der Waals surface area contributed by atoms with Crippen molar-refractivity contribution in [1.82, 2.24) is 4.90 Å². The number of amides is 1. The summed E-state index contributed by atoms with van der Waals surface area (Å²) in [5.41, 5.74) is 2.05. The Morgan fingerprint density at radius 3 is 2.38 bits per heavy atom. The SMILES string of the molecule is CCCN(CC(=O)O)C(=O)CCOc1c(C)cccc1C. The normalized spacial score (nSPS) is 10.2. The van der Waals surface area contributed by atoms with Crippen LogP contribution in [0.25, 0.3) is 0 Å². The van der Waals surface area contributed by atoms with Crippen LogP contribution in [-0.2, 0) is 9.59 Å². The molecule has 0 saturated heterocycles. The van der Waals surface area contributed by atoms with Gasteiger partial charge in [0.2, 0.25) is 5.91 Å². The molecule has 0 heterocycles. The van der Waals surface area contributed by atoms with E-state index in [0.29, 0.717) is 6.54 Å². The van der Waals surface area contributed by atoms with E-state index >= 15 is 0 Å². The van der Waals surface area contributed by atoms with Gasteiger partial charge in [0.15, 0.2) is 0 Å². The first-order chi connectivity index (χ1) is 9.95. The summed E-state index contributed by atoms with van der Waals surface area (Å²) < 4.78 is 5.68. The number of rotatable bonds is 8. The summed E-state index contributed by atoms with van der Waals surface area (Å²) in [5.74, 6) is -0.386. The van der Waals surface area contributed by atoms with Gasteiger partial charge in [-0.15, -0.1) is 0 Å². The standard InChI is InChI=1S/C16H23NO4/c1-4-9-17(11-15(19)20)14(18)8-10-21-16-12(2)6-5-7-13(16)3/h5-7H,4,8-11H2,1-3H3,(H,19,20). The van der Waals surface area contributed by atoms with Crippen molar-refractivity contribution in [1.29, 1.82) is 0 Å². The van der Waals surface area contributed by atoms with Gasteiger partial charge in [-0.3, -0.25) is 9.59 Å². The van der Waals surface area contributed by atoms with Crippen molar-refractivity contribution in [3.05, 3.63) is 29.3 Å². The number of carbonyl (C=O) groups is 2. The molecule has 5 heteroatoms. The molecule has 0 aromatic heterocycles. The van der Waals surface area contributed by atoms with Crippen molar-refractivity contribution in [3.63, 3.8) is 0 Å². The number of para-hydroxylation sites is 1. The lowest BCUT2D eigenvalue weighted by Gasteiger charge is -2.20. The van der Waals surface area contributed by atoms with Crippen molar-refractivity contribution in [2.45, 2.75) is 33.6 Å². The fourth-order valence-electron chi connectivity index (χ4n) is 2.15. The average Bonchev–Trinajstić information content (AvgIpc) is 2.41. The van der Waals surface area contributed by atoms with Crippen molar-refractivity contribution in [2.24, 2.45) is 0 Å². The maximum atomic E-state index is 12.0. The second kappa shape index (κ2) is 8.29. The lowest BCUT2D eigenvalue weighted by atomic mass is 10.1. The van der Waals surface area contributed by atoms with E-state index in [-0.39, 0.29) is 25.5 Å². The summed E-state index contributed by atoms with van der Waals surface area (Å²) in [4.78, 5) is 24.1. The van der Waals surface area contributed by atoms with E-state index in [0.717, 1.165) is 23.3 Å². The predicted molar refractivity (Wildman–Crippen MR) is 80.5 cm³/mol. The summed E-state index contributed by atoms with van der Waals surface area (Å²) >= 11 is 0. The molecule has 1 amide bonds. The van der Waals surface area contributed by atoms with Crippen LogP contribution in [0.4, 0.5) is 0 Å². The Balaban J connectivity index is 2.53. The fourth-order valence-corrected chi connectivity index (χ4v) is 2.15. The highest BCUT2D eigenvalue weighted by molar-refractivity contribution is 5.81. The largest absolute Gasteiger partial charge is 0.493 e. The van der Waals surface area contributed by atoms with Gasteiger partial charge in [-0.05, 0) is 31.4 Å². The summed E-state index contributed by atoms with van der Waals surface area (Å²) in [5, 5.41) is 8.81. The number of carboxylic acids is 1. The van der Waals surface area contributed by atoms with Crippen LogP contribution in [0, 0.1) is 13.8 Å². The van der Waals surface area contributed by atoms with Gasteiger partial charge in [-0.2, -0.15) is 0 Å². The van der Waals surface area contributed by atoms with Gasteiger partial charge >= 0.3 is 5.97 Å². The van der Waals surface area contributed by atoms with Gasteiger partial charge in [-0.25, -0.2) is 0 Å². The van der Waals surface area contributed by atoms with Crippen LogP contribution in [0.1, 0.15) is 30.9 Å². The second-order valence-electron chi connectivity index (χ2n) is 5.03. The van der Waals surface area contributed by atoms with Gasteiger partial charge in [0.05, 0.1) is 13.0 Å². The van der Waals surface area contributed by atoms with E-state index in [2.05, 4.69) is 0 Å². The minimum Gasteiger partial charge on any atom is -0.493 e. The third-order valence-electron chi connectivity index (χ3n) is 3.14. The molecular formula is C16H23NO4. The molecule has 0 spiro atoms. The van der Waals surface area contributed by atoms with Crippen LogP contribution in [0.2, 0.25) is 0 Å². The third-order valence-corrected chi connectivity index (χ3v) is 3.14. The van der Waals surface area contributed by atoms with Crippen LogP contribution >= 0.6 is 0 Å². The number of nitrogens with zero attached hydrogens (tertiary/aromatic N) is 1. The van der Waals surface area contributed by atoms with Gasteiger partial charge in [0.25, 0.3) is 0 Å². The molecule has 1 aromatic rings. The van der Waals surface area contributed by atoms with Crippen molar-refractivity contribution >= 4 is 11.9 Å². The Kier molecular flexibility index (Phi) is 6.72. The van der Waals surface area contributed by atoms with E-state index in [9.17, 15) is 9.59 Å². The summed E-state index contributed by atoms with van der Waals surface area (Å²) in [6.45, 7) is 6.28. The topological polar surface area (TPSA) is 66.8 Å². The average molecular weight is 293 g/mol. The van der Waals surface area contributed by atoms with E-state index in [1.807, 2.05) is 39.0 Å². The Morgan fingerprint density at radius 1 is 1.24 bits per heavy atom. The molecule has 0 atom stereocenters. The Morgan fingerprint density at radius 2 is 1.86 bits per heavy atom. The van der Waals surface area contributed by atoms with Crippen LogP contribution in [0.15, 0.2) is 18.2 Å². The predicted octanol–water partition coefficient (Wildman–Crippen LogP) is 2.40. The highest BCUT2D eigenvalue weighted by Gasteiger charge is 2.16. The first-order valence-electron chi connectivity index (χ1n) is 7.14. The number of aryl methyl sites for hydroxylation is 2. The Labute approximate surface area is 125 Å². The molecule has 5 nitrogen and oxygen atoms in total. The fraction of sp³-hybridized carbons (Fsp3) is 0.500. The zero-order valence-electron chi connectivity index (χ0n) is 12.9. The van der Waals surface area contributed by atoms with Crippen molar-refractivity contribution < 1.29 is 19.4 Å². The minimum atomic E-state index is -0.993. The van der Waals surface area contributed by atoms with E-state index in [1.54, 1.807) is 0 Å². The lowest BCUT2D eigenvalue weighted by molar-refractivity contribution is -0.144. The third kappa shape index (κ3) is 5.45. The molecule has 1 aromatic carbocycles. The van der Waals surface area contributed by atoms with Crippen LogP contribution in [0.3, 0.4) is 0 Å². The highest BCUT2D eigenvalue weighted by atomic mass is 16.5. The van der Waals surface area contributed by atoms with Gasteiger partial charge in [-0.1, -0.05) is 25.1 Å². The van der Waals surface area contributed by atoms with E-state index in [1.165, 1.54) is 4.90 Å². The van der Waals surface area contributed by atoms with Crippen molar-refractivity contribution in [3.8, 4) is 5.75 Å². The maximum Gasteiger partial charge on any atom is 0.323 e. The molecule has 116 valence electrons.